The monoisotopic (exact) mass is 799 g/mol. The summed E-state index contributed by atoms with van der Waals surface area (Å²) >= 11 is 3.47. The number of hydrogen-bond donors (Lipinski definition) is 4. The minimum absolute atomic E-state index is 0.103. The molecule has 0 aromatic heterocycles. The Morgan fingerprint density at radius 1 is 0.786 bits per heavy atom. The van der Waals surface area contributed by atoms with Crippen LogP contribution >= 0.6 is 23.5 Å². The van der Waals surface area contributed by atoms with E-state index < -0.39 is 63.7 Å². The molecule has 0 saturated carbocycles. The maximum atomic E-state index is 14.5. The van der Waals surface area contributed by atoms with Crippen LogP contribution in [-0.4, -0.2) is 87.0 Å². The van der Waals surface area contributed by atoms with E-state index in [-0.39, 0.29) is 24.7 Å². The van der Waals surface area contributed by atoms with E-state index in [4.69, 9.17) is 0 Å². The predicted molar refractivity (Wildman–Crippen MR) is 222 cm³/mol. The second kappa shape index (κ2) is 19.5. The summed E-state index contributed by atoms with van der Waals surface area (Å²) < 4.78 is -0.418. The van der Waals surface area contributed by atoms with Gasteiger partial charge < -0.3 is 26.2 Å². The summed E-state index contributed by atoms with van der Waals surface area (Å²) in [5.41, 5.74) is 1.85. The summed E-state index contributed by atoms with van der Waals surface area (Å²) in [6.45, 7) is 7.33. The third kappa shape index (κ3) is 11.2. The highest BCUT2D eigenvalue weighted by Crippen LogP contribution is 2.50. The van der Waals surface area contributed by atoms with Gasteiger partial charge in [0.15, 0.2) is 0 Å². The van der Waals surface area contributed by atoms with Crippen LogP contribution in [0.15, 0.2) is 91.0 Å². The number of amides is 5. The van der Waals surface area contributed by atoms with Crippen molar-refractivity contribution < 1.29 is 28.8 Å². The number of Topliss-reactive ketones (excluding diaryl/α,β-unsaturated/α-hetero) is 1. The van der Waals surface area contributed by atoms with Gasteiger partial charge in [-0.25, -0.2) is 0 Å². The van der Waals surface area contributed by atoms with E-state index in [2.05, 4.69) is 21.3 Å². The molecule has 5 rings (SSSR count). The number of thioether (sulfide) groups is 2. The number of rotatable bonds is 15. The Labute approximate surface area is 338 Å². The average molecular weight is 800 g/mol. The number of benzene rings is 3. The van der Waals surface area contributed by atoms with Crippen LogP contribution in [0.2, 0.25) is 0 Å². The fourth-order valence-corrected chi connectivity index (χ4v) is 10.4. The lowest BCUT2D eigenvalue weighted by Gasteiger charge is -2.36. The number of likely N-dealkylation sites (tertiary alicyclic amines) is 1. The SMILES string of the molecule is CCCC(NC(=O)[C@@H]1CC2(CN1C(=O)[C@@H](NC(=O)Cc1ccccc1)C(C)(C)C)SCCCS2)C(=O)C(=O)NCC(=O)NC(c1ccccc1)c1ccccc1. The third-order valence-electron chi connectivity index (χ3n) is 9.94. The van der Waals surface area contributed by atoms with E-state index in [0.717, 1.165) is 34.6 Å². The average Bonchev–Trinajstić information content (AvgIpc) is 3.56. The minimum atomic E-state index is -1.17. The van der Waals surface area contributed by atoms with Crippen molar-refractivity contribution >= 4 is 58.8 Å². The van der Waals surface area contributed by atoms with Gasteiger partial charge in [-0.3, -0.25) is 28.8 Å². The number of nitrogens with zero attached hydrogens (tertiary/aromatic N) is 1. The van der Waals surface area contributed by atoms with E-state index in [1.54, 1.807) is 28.4 Å². The molecule has 3 atom stereocenters. The van der Waals surface area contributed by atoms with Crippen molar-refractivity contribution in [3.8, 4) is 0 Å². The Morgan fingerprint density at radius 2 is 1.36 bits per heavy atom. The lowest BCUT2D eigenvalue weighted by Crippen LogP contribution is -2.59. The molecule has 4 N–H and O–H groups in total. The highest BCUT2D eigenvalue weighted by Gasteiger charge is 2.53. The fourth-order valence-electron chi connectivity index (χ4n) is 7.03. The van der Waals surface area contributed by atoms with Gasteiger partial charge in [-0.05, 0) is 46.5 Å². The Balaban J connectivity index is 1.27. The molecule has 11 nitrogen and oxygen atoms in total. The molecule has 3 aromatic carbocycles. The molecule has 298 valence electrons. The van der Waals surface area contributed by atoms with E-state index in [1.807, 2.05) is 119 Å². The van der Waals surface area contributed by atoms with Crippen molar-refractivity contribution in [2.75, 3.05) is 24.6 Å². The molecular weight excluding hydrogens is 747 g/mol. The van der Waals surface area contributed by atoms with Crippen LogP contribution in [0.5, 0.6) is 0 Å². The molecule has 56 heavy (non-hydrogen) atoms. The van der Waals surface area contributed by atoms with Gasteiger partial charge in [0.2, 0.25) is 29.4 Å². The van der Waals surface area contributed by atoms with Crippen LogP contribution < -0.4 is 21.3 Å². The molecule has 1 unspecified atom stereocenters. The van der Waals surface area contributed by atoms with Crippen molar-refractivity contribution in [3.63, 3.8) is 0 Å². The number of hydrogen-bond acceptors (Lipinski definition) is 8. The van der Waals surface area contributed by atoms with Crippen molar-refractivity contribution in [1.82, 2.24) is 26.2 Å². The van der Waals surface area contributed by atoms with Crippen molar-refractivity contribution in [2.24, 2.45) is 5.41 Å². The number of carbonyl (C=O) groups excluding carboxylic acids is 6. The smallest absolute Gasteiger partial charge is 0.290 e. The Morgan fingerprint density at radius 3 is 1.91 bits per heavy atom. The van der Waals surface area contributed by atoms with Crippen LogP contribution in [0.3, 0.4) is 0 Å². The fraction of sp³-hybridized carbons (Fsp3) is 0.442. The molecule has 0 bridgehead atoms. The molecule has 3 aromatic rings. The second-order valence-corrected chi connectivity index (χ2v) is 18.6. The maximum Gasteiger partial charge on any atom is 0.290 e. The van der Waals surface area contributed by atoms with E-state index in [0.29, 0.717) is 19.4 Å². The normalized spacial score (nSPS) is 17.4. The lowest BCUT2D eigenvalue weighted by molar-refractivity contribution is -0.145. The zero-order valence-electron chi connectivity index (χ0n) is 32.5. The largest absolute Gasteiger partial charge is 0.344 e. The molecule has 2 fully saturated rings. The summed E-state index contributed by atoms with van der Waals surface area (Å²) in [4.78, 5) is 83.5. The lowest BCUT2D eigenvalue weighted by atomic mass is 9.85. The first-order chi connectivity index (χ1) is 26.8. The van der Waals surface area contributed by atoms with Gasteiger partial charge in [-0.15, -0.1) is 23.5 Å². The van der Waals surface area contributed by atoms with Crippen LogP contribution in [0.25, 0.3) is 0 Å². The molecule has 2 saturated heterocycles. The van der Waals surface area contributed by atoms with Crippen molar-refractivity contribution in [1.29, 1.82) is 0 Å². The first-order valence-corrected chi connectivity index (χ1v) is 21.2. The zero-order chi connectivity index (χ0) is 40.3. The van der Waals surface area contributed by atoms with E-state index >= 15 is 0 Å². The topological polar surface area (TPSA) is 154 Å². The van der Waals surface area contributed by atoms with Gasteiger partial charge >= 0.3 is 0 Å². The summed E-state index contributed by atoms with van der Waals surface area (Å²) in [5, 5.41) is 11.2. The van der Waals surface area contributed by atoms with E-state index in [1.165, 1.54) is 0 Å². The van der Waals surface area contributed by atoms with Crippen LogP contribution in [0.4, 0.5) is 0 Å². The predicted octanol–water partition coefficient (Wildman–Crippen LogP) is 4.80. The number of carbonyl (C=O) groups is 6. The molecule has 0 aliphatic carbocycles. The summed E-state index contributed by atoms with van der Waals surface area (Å²) in [6, 6.07) is 24.7. The molecule has 13 heteroatoms. The third-order valence-corrected chi connectivity index (χ3v) is 13.3. The highest BCUT2D eigenvalue weighted by molar-refractivity contribution is 8.18. The minimum Gasteiger partial charge on any atom is -0.344 e. The van der Waals surface area contributed by atoms with Crippen LogP contribution in [0, 0.1) is 5.41 Å². The summed E-state index contributed by atoms with van der Waals surface area (Å²) in [5.74, 6) is -1.77. The van der Waals surface area contributed by atoms with Crippen LogP contribution in [0.1, 0.15) is 76.1 Å². The van der Waals surface area contributed by atoms with Gasteiger partial charge in [0, 0.05) is 13.0 Å². The second-order valence-electron chi connectivity index (χ2n) is 15.4. The molecule has 5 amide bonds. The van der Waals surface area contributed by atoms with E-state index in [9.17, 15) is 28.8 Å². The zero-order valence-corrected chi connectivity index (χ0v) is 34.2. The Hall–Kier alpha value is -4.62. The molecule has 2 heterocycles. The number of ketones is 1. The van der Waals surface area contributed by atoms with Gasteiger partial charge in [-0.1, -0.05) is 125 Å². The molecule has 2 aliphatic heterocycles. The molecule has 0 radical (unpaired) electrons. The molecule has 1 spiro atoms. The molecular formula is C43H53N5O6S2. The maximum absolute atomic E-state index is 14.5. The standard InChI is InChI=1S/C43H53N5O6S2/c1-5-16-32(37(51)40(53)44-27-35(50)46-36(30-19-11-7-12-20-30)31-21-13-8-14-22-31)45-39(52)33-26-43(55-23-15-24-56-43)28-48(33)41(54)38(42(2,3)4)47-34(49)25-29-17-9-6-10-18-29/h6-14,17-22,32-33,36,38H,5,15-16,23-28H2,1-4H3,(H,44,53)(H,45,52)(H,46,50)(H,47,49)/t32?,33-,38+/m0/s1. The number of nitrogens with one attached hydrogen (secondary N) is 4. The Bertz CT molecular complexity index is 1790. The van der Waals surface area contributed by atoms with Gasteiger partial charge in [0.05, 0.1) is 29.1 Å². The first kappa shape index (κ1) is 42.5. The van der Waals surface area contributed by atoms with Gasteiger partial charge in [0.25, 0.3) is 5.91 Å². The quantitative estimate of drug-likeness (QED) is 0.160. The first-order valence-electron chi connectivity index (χ1n) is 19.2. The van der Waals surface area contributed by atoms with Gasteiger partial charge in [-0.2, -0.15) is 0 Å². The molecule has 2 aliphatic rings. The highest BCUT2D eigenvalue weighted by atomic mass is 32.2. The summed E-state index contributed by atoms with van der Waals surface area (Å²) in [6.07, 6.45) is 2.15. The van der Waals surface area contributed by atoms with Gasteiger partial charge in [0.1, 0.15) is 12.1 Å². The van der Waals surface area contributed by atoms with Crippen molar-refractivity contribution in [2.45, 2.75) is 88.0 Å². The summed E-state index contributed by atoms with van der Waals surface area (Å²) in [7, 11) is 0. The van der Waals surface area contributed by atoms with Crippen molar-refractivity contribution in [3.05, 3.63) is 108 Å². The van der Waals surface area contributed by atoms with Crippen LogP contribution in [-0.2, 0) is 35.2 Å². The Kier molecular flexibility index (Phi) is 14.8.